The summed E-state index contributed by atoms with van der Waals surface area (Å²) in [6.45, 7) is 4.41. The SMILES string of the molecule is Nc1nonc1NCCCOc1cccc(CN2CC=CCC2)c1. The van der Waals surface area contributed by atoms with Gasteiger partial charge in [0.05, 0.1) is 6.61 Å². The minimum Gasteiger partial charge on any atom is -0.494 e. The molecular formula is C17H23N5O2. The van der Waals surface area contributed by atoms with Crippen LogP contribution in [0.15, 0.2) is 41.0 Å². The molecule has 2 heterocycles. The highest BCUT2D eigenvalue weighted by molar-refractivity contribution is 5.53. The van der Waals surface area contributed by atoms with Gasteiger partial charge in [0.15, 0.2) is 0 Å². The van der Waals surface area contributed by atoms with Gasteiger partial charge in [0.25, 0.3) is 0 Å². The summed E-state index contributed by atoms with van der Waals surface area (Å²) < 4.78 is 10.3. The van der Waals surface area contributed by atoms with Gasteiger partial charge in [-0.2, -0.15) is 0 Å². The zero-order valence-corrected chi connectivity index (χ0v) is 13.6. The second kappa shape index (κ2) is 8.35. The zero-order valence-electron chi connectivity index (χ0n) is 13.6. The molecule has 24 heavy (non-hydrogen) atoms. The van der Waals surface area contributed by atoms with Crippen molar-refractivity contribution < 1.29 is 9.37 Å². The van der Waals surface area contributed by atoms with E-state index in [4.69, 9.17) is 10.5 Å². The molecule has 0 fully saturated rings. The highest BCUT2D eigenvalue weighted by Gasteiger charge is 2.07. The van der Waals surface area contributed by atoms with Crippen LogP contribution < -0.4 is 15.8 Å². The van der Waals surface area contributed by atoms with E-state index < -0.39 is 0 Å². The smallest absolute Gasteiger partial charge is 0.215 e. The lowest BCUT2D eigenvalue weighted by molar-refractivity contribution is 0.288. The molecule has 1 aliphatic heterocycles. The van der Waals surface area contributed by atoms with Gasteiger partial charge in [0.1, 0.15) is 5.75 Å². The normalized spacial score (nSPS) is 14.7. The molecule has 0 atom stereocenters. The Bertz CT molecular complexity index is 671. The fraction of sp³-hybridized carbons (Fsp3) is 0.412. The quantitative estimate of drug-likeness (QED) is 0.567. The van der Waals surface area contributed by atoms with Crippen LogP contribution in [-0.4, -0.2) is 41.5 Å². The van der Waals surface area contributed by atoms with Gasteiger partial charge in [0.2, 0.25) is 11.6 Å². The first kappa shape index (κ1) is 16.3. The van der Waals surface area contributed by atoms with Crippen molar-refractivity contribution >= 4 is 11.6 Å². The third-order valence-corrected chi connectivity index (χ3v) is 3.84. The topological polar surface area (TPSA) is 89.4 Å². The van der Waals surface area contributed by atoms with Crippen LogP contribution in [0.2, 0.25) is 0 Å². The van der Waals surface area contributed by atoms with Gasteiger partial charge < -0.3 is 15.8 Å². The van der Waals surface area contributed by atoms with Crippen molar-refractivity contribution in [2.24, 2.45) is 0 Å². The molecule has 128 valence electrons. The van der Waals surface area contributed by atoms with Crippen molar-refractivity contribution in [2.45, 2.75) is 19.4 Å². The predicted octanol–water partition coefficient (Wildman–Crippen LogP) is 2.29. The summed E-state index contributed by atoms with van der Waals surface area (Å²) in [5.41, 5.74) is 6.85. The molecule has 1 aromatic heterocycles. The van der Waals surface area contributed by atoms with Crippen molar-refractivity contribution in [2.75, 3.05) is 37.3 Å². The van der Waals surface area contributed by atoms with Gasteiger partial charge in [-0.25, -0.2) is 4.63 Å². The van der Waals surface area contributed by atoms with Crippen LogP contribution in [-0.2, 0) is 6.54 Å². The van der Waals surface area contributed by atoms with Crippen molar-refractivity contribution in [1.82, 2.24) is 15.2 Å². The van der Waals surface area contributed by atoms with E-state index in [1.165, 1.54) is 5.56 Å². The van der Waals surface area contributed by atoms with Crippen LogP contribution in [0.1, 0.15) is 18.4 Å². The van der Waals surface area contributed by atoms with E-state index in [1.54, 1.807) is 0 Å². The van der Waals surface area contributed by atoms with E-state index in [2.05, 4.69) is 49.4 Å². The number of rotatable bonds is 8. The maximum atomic E-state index is 5.82. The highest BCUT2D eigenvalue weighted by atomic mass is 16.6. The Balaban J connectivity index is 1.39. The lowest BCUT2D eigenvalue weighted by Gasteiger charge is -2.23. The number of benzene rings is 1. The van der Waals surface area contributed by atoms with Gasteiger partial charge in [-0.15, -0.1) is 0 Å². The molecule has 0 unspecified atom stereocenters. The highest BCUT2D eigenvalue weighted by Crippen LogP contribution is 2.16. The molecule has 0 bridgehead atoms. The van der Waals surface area contributed by atoms with Crippen molar-refractivity contribution in [3.8, 4) is 5.75 Å². The molecule has 1 aliphatic rings. The average molecular weight is 329 g/mol. The lowest BCUT2D eigenvalue weighted by atomic mass is 10.1. The summed E-state index contributed by atoms with van der Waals surface area (Å²) >= 11 is 0. The third kappa shape index (κ3) is 4.73. The second-order valence-corrected chi connectivity index (χ2v) is 5.77. The Labute approximate surface area is 141 Å². The van der Waals surface area contributed by atoms with E-state index in [0.29, 0.717) is 19.0 Å². The molecule has 0 spiro atoms. The Morgan fingerprint density at radius 1 is 1.29 bits per heavy atom. The number of hydrogen-bond acceptors (Lipinski definition) is 7. The molecule has 7 heteroatoms. The third-order valence-electron chi connectivity index (χ3n) is 3.84. The first-order valence-electron chi connectivity index (χ1n) is 8.22. The molecule has 0 saturated heterocycles. The molecule has 7 nitrogen and oxygen atoms in total. The summed E-state index contributed by atoms with van der Waals surface area (Å²) in [6, 6.07) is 8.30. The van der Waals surface area contributed by atoms with Gasteiger partial charge in [-0.05, 0) is 40.9 Å². The van der Waals surface area contributed by atoms with Gasteiger partial charge >= 0.3 is 0 Å². The number of hydrogen-bond donors (Lipinski definition) is 2. The summed E-state index contributed by atoms with van der Waals surface area (Å²) in [7, 11) is 0. The molecule has 3 rings (SSSR count). The molecule has 0 aliphatic carbocycles. The van der Waals surface area contributed by atoms with Crippen LogP contribution in [0.3, 0.4) is 0 Å². The van der Waals surface area contributed by atoms with Crippen LogP contribution >= 0.6 is 0 Å². The molecule has 2 aromatic rings. The van der Waals surface area contributed by atoms with E-state index in [0.717, 1.165) is 38.2 Å². The van der Waals surface area contributed by atoms with Gasteiger partial charge in [0, 0.05) is 26.2 Å². The molecule has 3 N–H and O–H groups in total. The molecule has 0 saturated carbocycles. The maximum Gasteiger partial charge on any atom is 0.215 e. The molecule has 0 radical (unpaired) electrons. The predicted molar refractivity (Wildman–Crippen MR) is 92.8 cm³/mol. The molecular weight excluding hydrogens is 306 g/mol. The van der Waals surface area contributed by atoms with E-state index >= 15 is 0 Å². The number of anilines is 2. The lowest BCUT2D eigenvalue weighted by Crippen LogP contribution is -2.26. The maximum absolute atomic E-state index is 5.82. The number of ether oxygens (including phenoxy) is 1. The summed E-state index contributed by atoms with van der Waals surface area (Å²) in [5.74, 6) is 1.66. The monoisotopic (exact) mass is 329 g/mol. The number of nitrogens with zero attached hydrogens (tertiary/aromatic N) is 3. The number of nitrogens with one attached hydrogen (secondary N) is 1. The molecule has 0 amide bonds. The summed E-state index contributed by atoms with van der Waals surface area (Å²) in [5, 5.41) is 10.2. The first-order valence-corrected chi connectivity index (χ1v) is 8.22. The van der Waals surface area contributed by atoms with Gasteiger partial charge in [-0.3, -0.25) is 4.90 Å². The van der Waals surface area contributed by atoms with Crippen molar-refractivity contribution in [1.29, 1.82) is 0 Å². The van der Waals surface area contributed by atoms with Gasteiger partial charge in [-0.1, -0.05) is 24.3 Å². The fourth-order valence-electron chi connectivity index (χ4n) is 2.61. The standard InChI is InChI=1S/C17H23N5O2/c18-16-17(21-24-20-16)19-8-5-11-23-15-7-4-6-14(12-15)13-22-9-2-1-3-10-22/h1-2,4,6-7,12H,3,5,8-11,13H2,(H2,18,20)(H,19,21). The second-order valence-electron chi connectivity index (χ2n) is 5.77. The summed E-state index contributed by atoms with van der Waals surface area (Å²) in [6.07, 6.45) is 6.43. The van der Waals surface area contributed by atoms with E-state index in [9.17, 15) is 0 Å². The zero-order chi connectivity index (χ0) is 16.6. The minimum absolute atomic E-state index is 0.274. The minimum atomic E-state index is 0.274. The Morgan fingerprint density at radius 2 is 2.25 bits per heavy atom. The van der Waals surface area contributed by atoms with Crippen molar-refractivity contribution in [3.63, 3.8) is 0 Å². The largest absolute Gasteiger partial charge is 0.494 e. The van der Waals surface area contributed by atoms with Crippen LogP contribution in [0.25, 0.3) is 0 Å². The fourth-order valence-corrected chi connectivity index (χ4v) is 2.61. The number of aromatic nitrogens is 2. The van der Waals surface area contributed by atoms with Crippen LogP contribution in [0.4, 0.5) is 11.6 Å². The van der Waals surface area contributed by atoms with E-state index in [-0.39, 0.29) is 5.82 Å². The Hall–Kier alpha value is -2.54. The van der Waals surface area contributed by atoms with Crippen LogP contribution in [0.5, 0.6) is 5.75 Å². The first-order chi connectivity index (χ1) is 11.8. The Morgan fingerprint density at radius 3 is 3.04 bits per heavy atom. The summed E-state index contributed by atoms with van der Waals surface area (Å²) in [4.78, 5) is 2.43. The average Bonchev–Trinajstić information content (AvgIpc) is 3.01. The van der Waals surface area contributed by atoms with Crippen LogP contribution in [0, 0.1) is 0 Å². The van der Waals surface area contributed by atoms with Crippen molar-refractivity contribution in [3.05, 3.63) is 42.0 Å². The number of nitrogens with two attached hydrogens (primary N) is 1. The van der Waals surface area contributed by atoms with E-state index in [1.807, 2.05) is 12.1 Å². The Kier molecular flexibility index (Phi) is 5.68. The number of nitrogen functional groups attached to an aromatic ring is 1. The molecule has 1 aromatic carbocycles.